The Morgan fingerprint density at radius 1 is 1.16 bits per heavy atom. The third kappa shape index (κ3) is 5.55. The first-order chi connectivity index (χ1) is 11.6. The van der Waals surface area contributed by atoms with Crippen molar-refractivity contribution >= 4 is 40.0 Å². The molecule has 0 spiro atoms. The number of aliphatic imine (C=N–C) groups is 1. The average molecular weight is 478 g/mol. The summed E-state index contributed by atoms with van der Waals surface area (Å²) in [6, 6.07) is 9.27. The molecule has 0 radical (unpaired) electrons. The smallest absolute Gasteiger partial charge is 0.243 e. The van der Waals surface area contributed by atoms with Gasteiger partial charge in [0.1, 0.15) is 0 Å². The standard InChI is InChI=1S/C17H26N4O2S.HI/c1-18-17(20-15-7-8-15)19-13-14-9-11-21(12-10-14)24(22,23)16-5-3-2-4-6-16;/h2-6,14-15H,7-13H2,1H3,(H2,18,19,20);1H. The van der Waals surface area contributed by atoms with Crippen LogP contribution in [0.25, 0.3) is 0 Å². The third-order valence-electron chi connectivity index (χ3n) is 4.65. The van der Waals surface area contributed by atoms with Crippen LogP contribution >= 0.6 is 24.0 Å². The summed E-state index contributed by atoms with van der Waals surface area (Å²) in [5.74, 6) is 1.34. The van der Waals surface area contributed by atoms with Crippen LogP contribution in [0, 0.1) is 5.92 Å². The molecule has 6 nitrogen and oxygen atoms in total. The maximum absolute atomic E-state index is 12.6. The zero-order valence-electron chi connectivity index (χ0n) is 14.5. The fraction of sp³-hybridized carbons (Fsp3) is 0.588. The fourth-order valence-corrected chi connectivity index (χ4v) is 4.44. The zero-order valence-corrected chi connectivity index (χ0v) is 17.7. The minimum absolute atomic E-state index is 0. The van der Waals surface area contributed by atoms with Crippen molar-refractivity contribution < 1.29 is 8.42 Å². The molecule has 0 aromatic heterocycles. The van der Waals surface area contributed by atoms with E-state index in [0.717, 1.165) is 25.3 Å². The highest BCUT2D eigenvalue weighted by Gasteiger charge is 2.29. The molecule has 1 aliphatic heterocycles. The highest BCUT2D eigenvalue weighted by Crippen LogP contribution is 2.23. The molecule has 1 saturated carbocycles. The number of benzene rings is 1. The van der Waals surface area contributed by atoms with Crippen LogP contribution in [0.5, 0.6) is 0 Å². The Bertz CT molecular complexity index is 669. The first kappa shape index (κ1) is 20.4. The van der Waals surface area contributed by atoms with Crippen molar-refractivity contribution in [1.82, 2.24) is 14.9 Å². The molecule has 0 atom stereocenters. The maximum atomic E-state index is 12.6. The number of piperidine rings is 1. The minimum atomic E-state index is -3.35. The van der Waals surface area contributed by atoms with Crippen molar-refractivity contribution in [3.05, 3.63) is 30.3 Å². The molecule has 140 valence electrons. The average Bonchev–Trinajstić information content (AvgIpc) is 3.44. The second-order valence-electron chi connectivity index (χ2n) is 6.53. The molecule has 1 aliphatic carbocycles. The Labute approximate surface area is 167 Å². The number of nitrogens with one attached hydrogen (secondary N) is 2. The number of guanidine groups is 1. The van der Waals surface area contributed by atoms with Crippen LogP contribution in [0.4, 0.5) is 0 Å². The number of hydrogen-bond donors (Lipinski definition) is 2. The summed E-state index contributed by atoms with van der Waals surface area (Å²) in [4.78, 5) is 4.62. The van der Waals surface area contributed by atoms with E-state index in [4.69, 9.17) is 0 Å². The topological polar surface area (TPSA) is 73.8 Å². The molecule has 8 heteroatoms. The second kappa shape index (κ2) is 9.18. The van der Waals surface area contributed by atoms with E-state index in [2.05, 4.69) is 15.6 Å². The van der Waals surface area contributed by atoms with E-state index in [9.17, 15) is 8.42 Å². The molecular weight excluding hydrogens is 451 g/mol. The van der Waals surface area contributed by atoms with Gasteiger partial charge in [-0.3, -0.25) is 4.99 Å². The number of rotatable bonds is 5. The van der Waals surface area contributed by atoms with Crippen molar-refractivity contribution in [1.29, 1.82) is 0 Å². The lowest BCUT2D eigenvalue weighted by molar-refractivity contribution is 0.273. The third-order valence-corrected chi connectivity index (χ3v) is 6.57. The molecule has 2 fully saturated rings. The number of halogens is 1. The number of hydrogen-bond acceptors (Lipinski definition) is 3. The van der Waals surface area contributed by atoms with Gasteiger partial charge in [-0.25, -0.2) is 8.42 Å². The molecule has 1 heterocycles. The number of sulfonamides is 1. The molecule has 0 unspecified atom stereocenters. The van der Waals surface area contributed by atoms with Gasteiger partial charge in [0.2, 0.25) is 10.0 Å². The normalized spacial score (nSPS) is 20.0. The highest BCUT2D eigenvalue weighted by atomic mass is 127. The van der Waals surface area contributed by atoms with Crippen LogP contribution in [0.1, 0.15) is 25.7 Å². The summed E-state index contributed by atoms with van der Waals surface area (Å²) >= 11 is 0. The van der Waals surface area contributed by atoms with Crippen molar-refractivity contribution in [3.63, 3.8) is 0 Å². The van der Waals surface area contributed by atoms with Crippen LogP contribution in [-0.4, -0.2) is 51.4 Å². The summed E-state index contributed by atoms with van der Waals surface area (Å²) in [7, 11) is -1.57. The minimum Gasteiger partial charge on any atom is -0.356 e. The van der Waals surface area contributed by atoms with Crippen LogP contribution in [0.2, 0.25) is 0 Å². The summed E-state index contributed by atoms with van der Waals surface area (Å²) in [6.45, 7) is 2.00. The first-order valence-corrected chi connectivity index (χ1v) is 10.1. The Hall–Kier alpha value is -0.870. The van der Waals surface area contributed by atoms with E-state index < -0.39 is 10.0 Å². The van der Waals surface area contributed by atoms with Crippen LogP contribution in [0.15, 0.2) is 40.2 Å². The van der Waals surface area contributed by atoms with E-state index in [1.807, 2.05) is 6.07 Å². The van der Waals surface area contributed by atoms with Gasteiger partial charge in [-0.1, -0.05) is 18.2 Å². The summed E-state index contributed by atoms with van der Waals surface area (Å²) < 4.78 is 26.8. The monoisotopic (exact) mass is 478 g/mol. The summed E-state index contributed by atoms with van der Waals surface area (Å²) in [6.07, 6.45) is 4.19. The predicted molar refractivity (Wildman–Crippen MR) is 111 cm³/mol. The van der Waals surface area contributed by atoms with Gasteiger partial charge in [0.05, 0.1) is 4.90 Å². The lowest BCUT2D eigenvalue weighted by Crippen LogP contribution is -2.44. The SMILES string of the molecule is CN=C(NCC1CCN(S(=O)(=O)c2ccccc2)CC1)NC1CC1.I. The molecular formula is C17H27IN4O2S. The Morgan fingerprint density at radius 2 is 1.80 bits per heavy atom. The van der Waals surface area contributed by atoms with E-state index in [1.165, 1.54) is 12.8 Å². The van der Waals surface area contributed by atoms with Gasteiger partial charge < -0.3 is 10.6 Å². The zero-order chi connectivity index (χ0) is 17.0. The van der Waals surface area contributed by atoms with Crippen LogP contribution in [0.3, 0.4) is 0 Å². The fourth-order valence-electron chi connectivity index (χ4n) is 2.95. The lowest BCUT2D eigenvalue weighted by Gasteiger charge is -2.31. The molecule has 1 saturated heterocycles. The molecule has 3 rings (SSSR count). The van der Waals surface area contributed by atoms with Gasteiger partial charge in [0.15, 0.2) is 5.96 Å². The lowest BCUT2D eigenvalue weighted by atomic mass is 9.98. The second-order valence-corrected chi connectivity index (χ2v) is 8.47. The predicted octanol–water partition coefficient (Wildman–Crippen LogP) is 2.03. The molecule has 2 N–H and O–H groups in total. The van der Waals surface area contributed by atoms with Crippen molar-refractivity contribution in [2.24, 2.45) is 10.9 Å². The van der Waals surface area contributed by atoms with Crippen LogP contribution < -0.4 is 10.6 Å². The Morgan fingerprint density at radius 3 is 2.36 bits per heavy atom. The molecule has 0 bridgehead atoms. The molecule has 1 aromatic rings. The van der Waals surface area contributed by atoms with E-state index in [0.29, 0.717) is 29.9 Å². The van der Waals surface area contributed by atoms with Crippen molar-refractivity contribution in [2.45, 2.75) is 36.6 Å². The Balaban J connectivity index is 0.00000225. The first-order valence-electron chi connectivity index (χ1n) is 8.62. The quantitative estimate of drug-likeness (QED) is 0.386. The molecule has 25 heavy (non-hydrogen) atoms. The van der Waals surface area contributed by atoms with Gasteiger partial charge >= 0.3 is 0 Å². The highest BCUT2D eigenvalue weighted by molar-refractivity contribution is 14.0. The van der Waals surface area contributed by atoms with E-state index in [1.54, 1.807) is 35.6 Å². The summed E-state index contributed by atoms with van der Waals surface area (Å²) in [5, 5.41) is 6.73. The van der Waals surface area contributed by atoms with Gasteiger partial charge in [0.25, 0.3) is 0 Å². The van der Waals surface area contributed by atoms with Gasteiger partial charge in [-0.05, 0) is 43.7 Å². The van der Waals surface area contributed by atoms with Crippen molar-refractivity contribution in [3.8, 4) is 0 Å². The Kier molecular flexibility index (Phi) is 7.51. The van der Waals surface area contributed by atoms with E-state index >= 15 is 0 Å². The van der Waals surface area contributed by atoms with Crippen LogP contribution in [-0.2, 0) is 10.0 Å². The molecule has 1 aromatic carbocycles. The van der Waals surface area contributed by atoms with Gasteiger partial charge in [-0.2, -0.15) is 4.31 Å². The maximum Gasteiger partial charge on any atom is 0.243 e. The van der Waals surface area contributed by atoms with E-state index in [-0.39, 0.29) is 24.0 Å². The molecule has 2 aliphatic rings. The van der Waals surface area contributed by atoms with Crippen molar-refractivity contribution in [2.75, 3.05) is 26.7 Å². The molecule has 0 amide bonds. The van der Waals surface area contributed by atoms with Gasteiger partial charge in [0, 0.05) is 32.7 Å². The largest absolute Gasteiger partial charge is 0.356 e. The number of nitrogens with zero attached hydrogens (tertiary/aromatic N) is 2. The summed E-state index contributed by atoms with van der Waals surface area (Å²) in [5.41, 5.74) is 0. The van der Waals surface area contributed by atoms with Gasteiger partial charge in [-0.15, -0.1) is 24.0 Å².